The lowest BCUT2D eigenvalue weighted by Gasteiger charge is -2.24. The van der Waals surface area contributed by atoms with E-state index in [0.717, 1.165) is 33.6 Å². The molecule has 1 aliphatic heterocycles. The molecule has 1 fully saturated rings. The van der Waals surface area contributed by atoms with Crippen LogP contribution in [-0.4, -0.2) is 23.2 Å². The summed E-state index contributed by atoms with van der Waals surface area (Å²) >= 11 is 11.3. The van der Waals surface area contributed by atoms with Crippen molar-refractivity contribution in [1.29, 1.82) is 0 Å². The molecule has 0 saturated carbocycles. The van der Waals surface area contributed by atoms with Crippen molar-refractivity contribution in [2.45, 2.75) is 12.3 Å². The lowest BCUT2D eigenvalue weighted by Crippen LogP contribution is -2.34. The van der Waals surface area contributed by atoms with Crippen LogP contribution in [0.2, 0.25) is 5.02 Å². The first-order chi connectivity index (χ1) is 11.0. The van der Waals surface area contributed by atoms with E-state index in [1.807, 2.05) is 36.1 Å². The van der Waals surface area contributed by atoms with E-state index < -0.39 is 0 Å². The summed E-state index contributed by atoms with van der Waals surface area (Å²) in [7, 11) is 0. The van der Waals surface area contributed by atoms with E-state index in [1.165, 1.54) is 0 Å². The number of nitrogens with zero attached hydrogens (tertiary/aromatic N) is 1. The van der Waals surface area contributed by atoms with Crippen molar-refractivity contribution in [1.82, 2.24) is 4.90 Å². The van der Waals surface area contributed by atoms with Gasteiger partial charge in [-0.2, -0.15) is 0 Å². The number of carbonyl (C=O) groups is 1. The zero-order valence-corrected chi connectivity index (χ0v) is 15.7. The van der Waals surface area contributed by atoms with Gasteiger partial charge in [0.1, 0.15) is 5.37 Å². The number of aryl methyl sites for hydroxylation is 1. The van der Waals surface area contributed by atoms with Crippen molar-refractivity contribution >= 4 is 51.0 Å². The number of benzene rings is 2. The average molecular weight is 412 g/mol. The van der Waals surface area contributed by atoms with Crippen LogP contribution in [0.25, 0.3) is 0 Å². The maximum absolute atomic E-state index is 12.6. The third kappa shape index (κ3) is 3.84. The van der Waals surface area contributed by atoms with Gasteiger partial charge in [-0.15, -0.1) is 11.8 Å². The third-order valence-electron chi connectivity index (χ3n) is 3.73. The summed E-state index contributed by atoms with van der Waals surface area (Å²) in [5.41, 5.74) is 2.85. The summed E-state index contributed by atoms with van der Waals surface area (Å²) in [4.78, 5) is 14.5. The average Bonchev–Trinajstić information content (AvgIpc) is 3.01. The number of anilines is 1. The minimum atomic E-state index is -0.0946. The van der Waals surface area contributed by atoms with E-state index in [-0.39, 0.29) is 11.4 Å². The fraction of sp³-hybridized carbons (Fsp3) is 0.235. The largest absolute Gasteiger partial charge is 0.323 e. The highest BCUT2D eigenvalue weighted by Gasteiger charge is 2.30. The fourth-order valence-electron chi connectivity index (χ4n) is 2.45. The van der Waals surface area contributed by atoms with Gasteiger partial charge in [-0.25, -0.2) is 4.79 Å². The molecule has 0 bridgehead atoms. The summed E-state index contributed by atoms with van der Waals surface area (Å²) in [6.07, 6.45) is 0. The van der Waals surface area contributed by atoms with Crippen LogP contribution >= 0.6 is 39.3 Å². The van der Waals surface area contributed by atoms with Crippen LogP contribution in [0.5, 0.6) is 0 Å². The van der Waals surface area contributed by atoms with Crippen molar-refractivity contribution in [3.05, 3.63) is 63.1 Å². The smallest absolute Gasteiger partial charge is 0.308 e. The van der Waals surface area contributed by atoms with E-state index >= 15 is 0 Å². The lowest BCUT2D eigenvalue weighted by molar-refractivity contribution is 0.214. The van der Waals surface area contributed by atoms with Crippen LogP contribution in [0.3, 0.4) is 0 Å². The molecule has 0 radical (unpaired) electrons. The zero-order chi connectivity index (χ0) is 16.4. The predicted octanol–water partition coefficient (Wildman–Crippen LogP) is 5.69. The summed E-state index contributed by atoms with van der Waals surface area (Å²) in [6.45, 7) is 2.67. The Morgan fingerprint density at radius 1 is 1.30 bits per heavy atom. The quantitative estimate of drug-likeness (QED) is 0.688. The maximum Gasteiger partial charge on any atom is 0.323 e. The number of amides is 2. The number of halogens is 2. The highest BCUT2D eigenvalue weighted by Crippen LogP contribution is 2.38. The summed E-state index contributed by atoms with van der Waals surface area (Å²) < 4.78 is 1.04. The molecule has 0 aromatic heterocycles. The molecule has 2 amide bonds. The number of rotatable bonds is 2. The normalized spacial score (nSPS) is 17.3. The Morgan fingerprint density at radius 2 is 2.04 bits per heavy atom. The van der Waals surface area contributed by atoms with Crippen molar-refractivity contribution in [2.24, 2.45) is 0 Å². The second-order valence-electron chi connectivity index (χ2n) is 5.36. The zero-order valence-electron chi connectivity index (χ0n) is 12.6. The molecule has 0 spiro atoms. The second kappa shape index (κ2) is 7.16. The van der Waals surface area contributed by atoms with Crippen molar-refractivity contribution in [3.8, 4) is 0 Å². The Balaban J connectivity index is 1.75. The minimum absolute atomic E-state index is 0.0454. The number of hydrogen-bond donors (Lipinski definition) is 1. The van der Waals surface area contributed by atoms with Gasteiger partial charge < -0.3 is 10.2 Å². The van der Waals surface area contributed by atoms with Crippen molar-refractivity contribution < 1.29 is 4.79 Å². The number of nitrogens with one attached hydrogen (secondary N) is 1. The second-order valence-corrected chi connectivity index (χ2v) is 7.87. The topological polar surface area (TPSA) is 32.3 Å². The molecule has 1 heterocycles. The molecular formula is C17H16BrClN2OS. The summed E-state index contributed by atoms with van der Waals surface area (Å²) in [5, 5.41) is 3.64. The molecule has 1 unspecified atom stereocenters. The maximum atomic E-state index is 12.6. The van der Waals surface area contributed by atoms with Crippen LogP contribution in [0.4, 0.5) is 10.5 Å². The number of carbonyl (C=O) groups excluding carboxylic acids is 1. The van der Waals surface area contributed by atoms with Gasteiger partial charge in [0.05, 0.1) is 0 Å². The van der Waals surface area contributed by atoms with Crippen LogP contribution in [0.1, 0.15) is 16.5 Å². The van der Waals surface area contributed by atoms with E-state index in [9.17, 15) is 4.79 Å². The lowest BCUT2D eigenvalue weighted by atomic mass is 10.2. The van der Waals surface area contributed by atoms with Gasteiger partial charge in [-0.05, 0) is 42.3 Å². The fourth-order valence-corrected chi connectivity index (χ4v) is 4.15. The van der Waals surface area contributed by atoms with E-state index in [0.29, 0.717) is 5.02 Å². The van der Waals surface area contributed by atoms with Crippen LogP contribution in [-0.2, 0) is 0 Å². The van der Waals surface area contributed by atoms with Gasteiger partial charge in [0.25, 0.3) is 0 Å². The highest BCUT2D eigenvalue weighted by molar-refractivity contribution is 9.10. The molecule has 1 saturated heterocycles. The first-order valence-electron chi connectivity index (χ1n) is 7.25. The summed E-state index contributed by atoms with van der Waals surface area (Å²) in [6, 6.07) is 13.6. The first-order valence-corrected chi connectivity index (χ1v) is 9.47. The van der Waals surface area contributed by atoms with Gasteiger partial charge in [0.2, 0.25) is 0 Å². The SMILES string of the molecule is Cc1ccc(NC(=O)N2CCSC2c2ccc(Br)cc2)cc1Cl. The Morgan fingerprint density at radius 3 is 2.74 bits per heavy atom. The molecule has 3 nitrogen and oxygen atoms in total. The number of thioether (sulfide) groups is 1. The van der Waals surface area contributed by atoms with E-state index in [4.69, 9.17) is 11.6 Å². The Hall–Kier alpha value is -1.17. The standard InChI is InChI=1S/C17H16BrClN2OS/c1-11-2-7-14(10-15(11)19)20-17(22)21-8-9-23-16(21)12-3-5-13(18)6-4-12/h2-7,10,16H,8-9H2,1H3,(H,20,22). The van der Waals surface area contributed by atoms with Gasteiger partial charge in [0, 0.05) is 27.5 Å². The molecule has 0 aliphatic carbocycles. The van der Waals surface area contributed by atoms with Gasteiger partial charge in [0.15, 0.2) is 0 Å². The Kier molecular flexibility index (Phi) is 5.19. The Bertz CT molecular complexity index is 723. The molecule has 2 aromatic rings. The van der Waals surface area contributed by atoms with Crippen molar-refractivity contribution in [2.75, 3.05) is 17.6 Å². The number of hydrogen-bond acceptors (Lipinski definition) is 2. The highest BCUT2D eigenvalue weighted by atomic mass is 79.9. The molecule has 2 aromatic carbocycles. The molecule has 1 atom stereocenters. The third-order valence-corrected chi connectivity index (χ3v) is 5.93. The molecule has 1 aliphatic rings. The number of urea groups is 1. The molecular weight excluding hydrogens is 396 g/mol. The minimum Gasteiger partial charge on any atom is -0.308 e. The first kappa shape index (κ1) is 16.7. The van der Waals surface area contributed by atoms with E-state index in [1.54, 1.807) is 17.8 Å². The Labute approximate surface area is 153 Å². The molecule has 120 valence electrons. The summed E-state index contributed by atoms with van der Waals surface area (Å²) in [5.74, 6) is 0.933. The van der Waals surface area contributed by atoms with Gasteiger partial charge in [-0.3, -0.25) is 0 Å². The van der Waals surface area contributed by atoms with Crippen LogP contribution < -0.4 is 5.32 Å². The molecule has 23 heavy (non-hydrogen) atoms. The van der Waals surface area contributed by atoms with Gasteiger partial charge in [-0.1, -0.05) is 45.7 Å². The van der Waals surface area contributed by atoms with E-state index in [2.05, 4.69) is 33.4 Å². The molecule has 1 N–H and O–H groups in total. The molecule has 6 heteroatoms. The monoisotopic (exact) mass is 410 g/mol. The predicted molar refractivity (Wildman–Crippen MR) is 101 cm³/mol. The van der Waals surface area contributed by atoms with Crippen molar-refractivity contribution in [3.63, 3.8) is 0 Å². The van der Waals surface area contributed by atoms with Crippen LogP contribution in [0, 0.1) is 6.92 Å². The molecule has 3 rings (SSSR count). The van der Waals surface area contributed by atoms with Gasteiger partial charge >= 0.3 is 6.03 Å². The van der Waals surface area contributed by atoms with Crippen LogP contribution in [0.15, 0.2) is 46.9 Å².